The first-order valence-corrected chi connectivity index (χ1v) is 6.87. The molecule has 0 aromatic heterocycles. The van der Waals surface area contributed by atoms with Crippen molar-refractivity contribution in [3.8, 4) is 0 Å². The van der Waals surface area contributed by atoms with Crippen LogP contribution in [0.3, 0.4) is 0 Å². The van der Waals surface area contributed by atoms with Crippen LogP contribution in [-0.2, 0) is 4.79 Å². The molecule has 8 nitrogen and oxygen atoms in total. The average molecular weight is 286 g/mol. The summed E-state index contributed by atoms with van der Waals surface area (Å²) in [7, 11) is 0. The quantitative estimate of drug-likeness (QED) is 0.270. The van der Waals surface area contributed by atoms with Crippen LogP contribution in [0.4, 0.5) is 4.79 Å². The van der Waals surface area contributed by atoms with Crippen molar-refractivity contribution in [1.82, 2.24) is 20.7 Å². The summed E-state index contributed by atoms with van der Waals surface area (Å²) in [6.07, 6.45) is 0. The SMILES string of the molecule is CC(CN1C(=O)C(C(C)C)N(CC(C)NN)C1=O)NN. The lowest BCUT2D eigenvalue weighted by molar-refractivity contribution is -0.129. The maximum absolute atomic E-state index is 12.4. The van der Waals surface area contributed by atoms with Crippen molar-refractivity contribution in [2.24, 2.45) is 17.6 Å². The molecule has 1 rings (SSSR count). The van der Waals surface area contributed by atoms with Gasteiger partial charge >= 0.3 is 6.03 Å². The van der Waals surface area contributed by atoms with Gasteiger partial charge in [0.15, 0.2) is 0 Å². The number of imide groups is 1. The monoisotopic (exact) mass is 286 g/mol. The molecule has 20 heavy (non-hydrogen) atoms. The molecular formula is C12H26N6O2. The highest BCUT2D eigenvalue weighted by Gasteiger charge is 2.46. The van der Waals surface area contributed by atoms with Gasteiger partial charge in [-0.1, -0.05) is 13.8 Å². The zero-order valence-electron chi connectivity index (χ0n) is 12.6. The summed E-state index contributed by atoms with van der Waals surface area (Å²) in [5, 5.41) is 0. The lowest BCUT2D eigenvalue weighted by Gasteiger charge is -2.27. The van der Waals surface area contributed by atoms with Crippen molar-refractivity contribution in [3.05, 3.63) is 0 Å². The molecule has 8 heteroatoms. The summed E-state index contributed by atoms with van der Waals surface area (Å²) < 4.78 is 0. The Labute approximate surface area is 119 Å². The lowest BCUT2D eigenvalue weighted by atomic mass is 10.0. The molecular weight excluding hydrogens is 260 g/mol. The van der Waals surface area contributed by atoms with E-state index in [1.165, 1.54) is 4.90 Å². The van der Waals surface area contributed by atoms with Gasteiger partial charge in [0.1, 0.15) is 6.04 Å². The standard InChI is InChI=1S/C12H26N6O2/c1-7(2)10-11(19)18(6-9(4)16-14)12(20)17(10)5-8(3)15-13/h7-10,15-16H,5-6,13-14H2,1-4H3. The van der Waals surface area contributed by atoms with E-state index < -0.39 is 6.04 Å². The van der Waals surface area contributed by atoms with Crippen LogP contribution in [0.15, 0.2) is 0 Å². The molecule has 1 fully saturated rings. The molecule has 0 aromatic carbocycles. The van der Waals surface area contributed by atoms with E-state index in [1.807, 2.05) is 27.7 Å². The van der Waals surface area contributed by atoms with Gasteiger partial charge in [0, 0.05) is 25.2 Å². The fourth-order valence-corrected chi connectivity index (χ4v) is 2.34. The fourth-order valence-electron chi connectivity index (χ4n) is 2.34. The van der Waals surface area contributed by atoms with Crippen molar-refractivity contribution < 1.29 is 9.59 Å². The van der Waals surface area contributed by atoms with Gasteiger partial charge in [0.05, 0.1) is 0 Å². The van der Waals surface area contributed by atoms with Crippen LogP contribution >= 0.6 is 0 Å². The summed E-state index contributed by atoms with van der Waals surface area (Å²) in [6.45, 7) is 8.19. The number of urea groups is 1. The molecule has 116 valence electrons. The van der Waals surface area contributed by atoms with Crippen LogP contribution < -0.4 is 22.5 Å². The predicted molar refractivity (Wildman–Crippen MR) is 76.0 cm³/mol. The molecule has 3 amide bonds. The van der Waals surface area contributed by atoms with Crippen LogP contribution in [0, 0.1) is 5.92 Å². The summed E-state index contributed by atoms with van der Waals surface area (Å²) in [5.74, 6) is 10.6. The van der Waals surface area contributed by atoms with E-state index in [4.69, 9.17) is 11.7 Å². The number of amides is 3. The Kier molecular flexibility index (Phi) is 5.88. The highest BCUT2D eigenvalue weighted by molar-refractivity contribution is 6.04. The first kappa shape index (κ1) is 16.8. The number of carbonyl (C=O) groups is 2. The number of rotatable bonds is 7. The lowest BCUT2D eigenvalue weighted by Crippen LogP contribution is -2.48. The second kappa shape index (κ2) is 6.98. The maximum atomic E-state index is 12.4. The van der Waals surface area contributed by atoms with Crippen molar-refractivity contribution in [1.29, 1.82) is 0 Å². The fraction of sp³-hybridized carbons (Fsp3) is 0.833. The highest BCUT2D eigenvalue weighted by atomic mass is 16.2. The molecule has 1 heterocycles. The first-order chi connectivity index (χ1) is 9.33. The van der Waals surface area contributed by atoms with Crippen molar-refractivity contribution in [2.75, 3.05) is 13.1 Å². The minimum Gasteiger partial charge on any atom is -0.310 e. The van der Waals surface area contributed by atoms with E-state index in [2.05, 4.69) is 10.9 Å². The Morgan fingerprint density at radius 3 is 2.00 bits per heavy atom. The molecule has 1 aliphatic heterocycles. The Bertz CT molecular complexity index is 362. The third-order valence-electron chi connectivity index (χ3n) is 3.46. The zero-order chi connectivity index (χ0) is 15.4. The van der Waals surface area contributed by atoms with E-state index in [9.17, 15) is 9.59 Å². The van der Waals surface area contributed by atoms with Gasteiger partial charge in [-0.25, -0.2) is 4.79 Å². The molecule has 0 aliphatic carbocycles. The average Bonchev–Trinajstić information content (AvgIpc) is 2.62. The van der Waals surface area contributed by atoms with Gasteiger partial charge in [-0.2, -0.15) is 0 Å². The number of hydrazine groups is 2. The number of nitrogens with one attached hydrogen (secondary N) is 2. The van der Waals surface area contributed by atoms with Crippen molar-refractivity contribution >= 4 is 11.9 Å². The largest absolute Gasteiger partial charge is 0.327 e. The normalized spacial score (nSPS) is 22.9. The highest BCUT2D eigenvalue weighted by Crippen LogP contribution is 2.24. The molecule has 6 N–H and O–H groups in total. The zero-order valence-corrected chi connectivity index (χ0v) is 12.6. The minimum atomic E-state index is -0.441. The van der Waals surface area contributed by atoms with Gasteiger partial charge in [-0.15, -0.1) is 0 Å². The van der Waals surface area contributed by atoms with E-state index in [0.29, 0.717) is 6.54 Å². The number of nitrogens with two attached hydrogens (primary N) is 2. The van der Waals surface area contributed by atoms with Gasteiger partial charge in [0.2, 0.25) is 0 Å². The third-order valence-corrected chi connectivity index (χ3v) is 3.46. The Morgan fingerprint density at radius 2 is 1.55 bits per heavy atom. The Hall–Kier alpha value is -1.22. The van der Waals surface area contributed by atoms with Crippen LogP contribution in [-0.4, -0.2) is 53.0 Å². The first-order valence-electron chi connectivity index (χ1n) is 6.87. The molecule has 0 saturated carbocycles. The Morgan fingerprint density at radius 1 is 1.05 bits per heavy atom. The van der Waals surface area contributed by atoms with E-state index >= 15 is 0 Å². The van der Waals surface area contributed by atoms with Gasteiger partial charge in [0.25, 0.3) is 5.91 Å². The van der Waals surface area contributed by atoms with E-state index in [-0.39, 0.29) is 36.5 Å². The van der Waals surface area contributed by atoms with Crippen LogP contribution in [0.25, 0.3) is 0 Å². The number of nitrogens with zero attached hydrogens (tertiary/aromatic N) is 2. The third kappa shape index (κ3) is 3.45. The van der Waals surface area contributed by atoms with Gasteiger partial charge in [-0.3, -0.25) is 32.2 Å². The molecule has 3 unspecified atom stereocenters. The maximum Gasteiger partial charge on any atom is 0.327 e. The molecule has 1 aliphatic rings. The number of hydrogen-bond donors (Lipinski definition) is 4. The topological polar surface area (TPSA) is 117 Å². The molecule has 3 atom stereocenters. The molecule has 0 bridgehead atoms. The van der Waals surface area contributed by atoms with Gasteiger partial charge in [-0.05, 0) is 19.8 Å². The predicted octanol–water partition coefficient (Wildman–Crippen LogP) is -1.02. The summed E-state index contributed by atoms with van der Waals surface area (Å²) in [5.41, 5.74) is 5.14. The second-order valence-electron chi connectivity index (χ2n) is 5.71. The molecule has 0 spiro atoms. The smallest absolute Gasteiger partial charge is 0.310 e. The van der Waals surface area contributed by atoms with Crippen molar-refractivity contribution in [2.45, 2.75) is 45.8 Å². The van der Waals surface area contributed by atoms with Crippen LogP contribution in [0.1, 0.15) is 27.7 Å². The van der Waals surface area contributed by atoms with Crippen LogP contribution in [0.2, 0.25) is 0 Å². The summed E-state index contributed by atoms with van der Waals surface area (Å²) in [6, 6.07) is -0.958. The number of carbonyl (C=O) groups excluding carboxylic acids is 2. The van der Waals surface area contributed by atoms with E-state index in [1.54, 1.807) is 4.90 Å². The number of hydrogen-bond acceptors (Lipinski definition) is 6. The molecule has 0 radical (unpaired) electrons. The summed E-state index contributed by atoms with van der Waals surface area (Å²) in [4.78, 5) is 27.7. The van der Waals surface area contributed by atoms with Crippen LogP contribution in [0.5, 0.6) is 0 Å². The van der Waals surface area contributed by atoms with Crippen molar-refractivity contribution in [3.63, 3.8) is 0 Å². The molecule has 0 aromatic rings. The second-order valence-corrected chi connectivity index (χ2v) is 5.71. The summed E-state index contributed by atoms with van der Waals surface area (Å²) >= 11 is 0. The Balaban J connectivity index is 2.92. The minimum absolute atomic E-state index is 0.0440. The van der Waals surface area contributed by atoms with Gasteiger partial charge < -0.3 is 4.90 Å². The molecule has 1 saturated heterocycles. The van der Waals surface area contributed by atoms with E-state index in [0.717, 1.165) is 0 Å².